The lowest BCUT2D eigenvalue weighted by Crippen LogP contribution is -2.35. The molecule has 90 valence electrons. The maximum atomic E-state index is 11.5. The molecule has 2 unspecified atom stereocenters. The summed E-state index contributed by atoms with van der Waals surface area (Å²) in [6.45, 7) is 4.73. The highest BCUT2D eigenvalue weighted by atomic mass is 16.1. The Morgan fingerprint density at radius 3 is 3.00 bits per heavy atom. The molecule has 1 fully saturated rings. The molecule has 0 aliphatic heterocycles. The minimum atomic E-state index is 0.367. The molecule has 0 N–H and O–H groups in total. The quantitative estimate of drug-likeness (QED) is 0.694. The molecule has 1 saturated carbocycles. The minimum Gasteiger partial charge on any atom is -0.295 e. The molecule has 0 aromatic heterocycles. The fourth-order valence-electron chi connectivity index (χ4n) is 3.64. The molecular formula is C15H24O. The molecule has 0 bridgehead atoms. The van der Waals surface area contributed by atoms with Crippen LogP contribution in [0.1, 0.15) is 65.2 Å². The first-order valence-corrected chi connectivity index (χ1v) is 6.89. The number of carbonyl (C=O) groups is 1. The largest absolute Gasteiger partial charge is 0.295 e. The van der Waals surface area contributed by atoms with Gasteiger partial charge in [0.05, 0.1) is 0 Å². The molecule has 0 aromatic carbocycles. The van der Waals surface area contributed by atoms with Gasteiger partial charge in [-0.25, -0.2) is 0 Å². The molecule has 0 radical (unpaired) electrons. The predicted molar refractivity (Wildman–Crippen MR) is 67.3 cm³/mol. The second-order valence-corrected chi connectivity index (χ2v) is 5.89. The Balaban J connectivity index is 2.15. The number of fused-ring (bicyclic) bond motifs is 1. The van der Waals surface area contributed by atoms with Crippen molar-refractivity contribution in [1.29, 1.82) is 0 Å². The highest BCUT2D eigenvalue weighted by Gasteiger charge is 2.40. The lowest BCUT2D eigenvalue weighted by molar-refractivity contribution is -0.115. The van der Waals surface area contributed by atoms with Crippen LogP contribution >= 0.6 is 0 Å². The van der Waals surface area contributed by atoms with Gasteiger partial charge in [-0.1, -0.05) is 32.3 Å². The van der Waals surface area contributed by atoms with E-state index in [1.54, 1.807) is 0 Å². The molecule has 1 heteroatoms. The highest BCUT2D eigenvalue weighted by molar-refractivity contribution is 5.91. The van der Waals surface area contributed by atoms with Gasteiger partial charge < -0.3 is 0 Å². The average molecular weight is 220 g/mol. The number of ketones is 1. The van der Waals surface area contributed by atoms with Crippen molar-refractivity contribution in [2.24, 2.45) is 11.3 Å². The Morgan fingerprint density at radius 2 is 2.25 bits per heavy atom. The normalized spacial score (nSPS) is 34.5. The van der Waals surface area contributed by atoms with E-state index in [1.807, 2.05) is 6.08 Å². The SMILES string of the molecule is CCCCC1(C)CCCC2=CC(=O)CCC21. The monoisotopic (exact) mass is 220 g/mol. The van der Waals surface area contributed by atoms with Crippen molar-refractivity contribution >= 4 is 5.78 Å². The number of allylic oxidation sites excluding steroid dienone is 2. The van der Waals surface area contributed by atoms with Crippen molar-refractivity contribution in [2.75, 3.05) is 0 Å². The molecule has 1 nitrogen and oxygen atoms in total. The molecular weight excluding hydrogens is 196 g/mol. The molecule has 2 rings (SSSR count). The van der Waals surface area contributed by atoms with Gasteiger partial charge in [-0.15, -0.1) is 0 Å². The molecule has 16 heavy (non-hydrogen) atoms. The molecule has 0 aromatic rings. The fraction of sp³-hybridized carbons (Fsp3) is 0.800. The van der Waals surface area contributed by atoms with Crippen LogP contribution in [0.25, 0.3) is 0 Å². The van der Waals surface area contributed by atoms with Crippen LogP contribution in [0, 0.1) is 11.3 Å². The second-order valence-electron chi connectivity index (χ2n) is 5.89. The van der Waals surface area contributed by atoms with E-state index in [4.69, 9.17) is 0 Å². The molecule has 0 heterocycles. The first kappa shape index (κ1) is 11.9. The van der Waals surface area contributed by atoms with Crippen LogP contribution in [-0.2, 0) is 4.79 Å². The van der Waals surface area contributed by atoms with E-state index < -0.39 is 0 Å². The number of hydrogen-bond donors (Lipinski definition) is 0. The molecule has 2 aliphatic rings. The van der Waals surface area contributed by atoms with E-state index in [9.17, 15) is 4.79 Å². The average Bonchev–Trinajstić information content (AvgIpc) is 2.26. The zero-order chi connectivity index (χ0) is 11.6. The van der Waals surface area contributed by atoms with Crippen LogP contribution in [0.4, 0.5) is 0 Å². The van der Waals surface area contributed by atoms with Gasteiger partial charge in [0.1, 0.15) is 0 Å². The van der Waals surface area contributed by atoms with Gasteiger partial charge in [-0.2, -0.15) is 0 Å². The summed E-state index contributed by atoms with van der Waals surface area (Å²) in [5, 5.41) is 0. The maximum Gasteiger partial charge on any atom is 0.155 e. The molecule has 2 atom stereocenters. The molecule has 0 spiro atoms. The zero-order valence-corrected chi connectivity index (χ0v) is 10.7. The Morgan fingerprint density at radius 1 is 1.44 bits per heavy atom. The summed E-state index contributed by atoms with van der Waals surface area (Å²) in [7, 11) is 0. The van der Waals surface area contributed by atoms with Crippen LogP contribution in [0.3, 0.4) is 0 Å². The van der Waals surface area contributed by atoms with E-state index in [1.165, 1.54) is 44.1 Å². The lowest BCUT2D eigenvalue weighted by Gasteiger charge is -2.45. The van der Waals surface area contributed by atoms with Crippen LogP contribution in [0.15, 0.2) is 11.6 Å². The van der Waals surface area contributed by atoms with Gasteiger partial charge in [0.25, 0.3) is 0 Å². The van der Waals surface area contributed by atoms with E-state index in [2.05, 4.69) is 13.8 Å². The fourth-order valence-corrected chi connectivity index (χ4v) is 3.64. The van der Waals surface area contributed by atoms with Crippen molar-refractivity contribution in [3.63, 3.8) is 0 Å². The van der Waals surface area contributed by atoms with Gasteiger partial charge in [-0.05, 0) is 49.5 Å². The van der Waals surface area contributed by atoms with Crippen molar-refractivity contribution in [3.05, 3.63) is 11.6 Å². The Bertz CT molecular complexity index is 303. The van der Waals surface area contributed by atoms with Crippen molar-refractivity contribution in [3.8, 4) is 0 Å². The number of rotatable bonds is 3. The number of carbonyl (C=O) groups excluding carboxylic acids is 1. The Kier molecular flexibility index (Phi) is 3.51. The van der Waals surface area contributed by atoms with Crippen LogP contribution in [0.5, 0.6) is 0 Å². The van der Waals surface area contributed by atoms with E-state index in [-0.39, 0.29) is 0 Å². The van der Waals surface area contributed by atoms with Crippen LogP contribution in [-0.4, -0.2) is 5.78 Å². The highest BCUT2D eigenvalue weighted by Crippen LogP contribution is 2.50. The predicted octanol–water partition coefficient (Wildman–Crippen LogP) is 4.27. The molecule has 2 aliphatic carbocycles. The van der Waals surface area contributed by atoms with Crippen molar-refractivity contribution in [1.82, 2.24) is 0 Å². The maximum absolute atomic E-state index is 11.5. The van der Waals surface area contributed by atoms with E-state index >= 15 is 0 Å². The summed E-state index contributed by atoms with van der Waals surface area (Å²) in [5.74, 6) is 1.08. The van der Waals surface area contributed by atoms with Gasteiger partial charge in [0.15, 0.2) is 5.78 Å². The van der Waals surface area contributed by atoms with Crippen molar-refractivity contribution in [2.45, 2.75) is 65.2 Å². The first-order chi connectivity index (χ1) is 7.65. The third-order valence-electron chi connectivity index (χ3n) is 4.63. The van der Waals surface area contributed by atoms with Crippen molar-refractivity contribution < 1.29 is 4.79 Å². The summed E-state index contributed by atoms with van der Waals surface area (Å²) in [6.07, 6.45) is 11.7. The Labute approximate surface area is 99.3 Å². The Hall–Kier alpha value is -0.590. The van der Waals surface area contributed by atoms with Crippen LogP contribution in [0.2, 0.25) is 0 Å². The molecule has 0 saturated heterocycles. The third-order valence-corrected chi connectivity index (χ3v) is 4.63. The smallest absolute Gasteiger partial charge is 0.155 e. The van der Waals surface area contributed by atoms with E-state index in [0.717, 1.165) is 12.8 Å². The van der Waals surface area contributed by atoms with Gasteiger partial charge >= 0.3 is 0 Å². The topological polar surface area (TPSA) is 17.1 Å². The number of hydrogen-bond acceptors (Lipinski definition) is 1. The minimum absolute atomic E-state index is 0.367. The van der Waals surface area contributed by atoms with Gasteiger partial charge in [0, 0.05) is 6.42 Å². The van der Waals surface area contributed by atoms with Crippen LogP contribution < -0.4 is 0 Å². The number of unbranched alkanes of at least 4 members (excludes halogenated alkanes) is 1. The molecule has 0 amide bonds. The third kappa shape index (κ3) is 2.23. The summed E-state index contributed by atoms with van der Waals surface area (Å²) in [6, 6.07) is 0. The first-order valence-electron chi connectivity index (χ1n) is 6.89. The summed E-state index contributed by atoms with van der Waals surface area (Å²) in [5.41, 5.74) is 1.96. The standard InChI is InChI=1S/C15H24O/c1-3-4-9-15(2)10-5-6-12-11-13(16)7-8-14(12)15/h11,14H,3-10H2,1-2H3. The second kappa shape index (κ2) is 4.73. The van der Waals surface area contributed by atoms with Gasteiger partial charge in [-0.3, -0.25) is 4.79 Å². The summed E-state index contributed by atoms with van der Waals surface area (Å²) < 4.78 is 0. The summed E-state index contributed by atoms with van der Waals surface area (Å²) in [4.78, 5) is 11.5. The lowest BCUT2D eigenvalue weighted by atomic mass is 9.60. The summed E-state index contributed by atoms with van der Waals surface area (Å²) >= 11 is 0. The van der Waals surface area contributed by atoms with Gasteiger partial charge in [0.2, 0.25) is 0 Å². The van der Waals surface area contributed by atoms with E-state index in [0.29, 0.717) is 17.1 Å². The zero-order valence-electron chi connectivity index (χ0n) is 10.7.